The zero-order chi connectivity index (χ0) is 12.3. The van der Waals surface area contributed by atoms with E-state index in [4.69, 9.17) is 5.11 Å². The van der Waals surface area contributed by atoms with E-state index in [1.807, 2.05) is 17.7 Å². The average Bonchev–Trinajstić information content (AvgIpc) is 2.78. The molecule has 17 heavy (non-hydrogen) atoms. The minimum Gasteiger partial charge on any atom is -0.395 e. The van der Waals surface area contributed by atoms with Gasteiger partial charge in [0.15, 0.2) is 5.65 Å². The van der Waals surface area contributed by atoms with Crippen molar-refractivity contribution in [2.24, 2.45) is 0 Å². The quantitative estimate of drug-likeness (QED) is 0.611. The summed E-state index contributed by atoms with van der Waals surface area (Å²) in [5.41, 5.74) is 1.65. The third-order valence-corrected chi connectivity index (χ3v) is 3.03. The fourth-order valence-corrected chi connectivity index (χ4v) is 2.05. The van der Waals surface area contributed by atoms with Crippen molar-refractivity contribution in [3.8, 4) is 0 Å². The molecule has 0 bridgehead atoms. The highest BCUT2D eigenvalue weighted by Crippen LogP contribution is 2.23. The molecule has 0 spiro atoms. The standard InChI is InChI=1S/C10H15N5OS/c1-3-15-6-12-7-8(15)13-10(11-4-5-16)14-9(7)17-2/h6,16H,3-5H2,1-2H3,(H,11,13,14). The molecule has 7 heteroatoms. The summed E-state index contributed by atoms with van der Waals surface area (Å²) >= 11 is 1.54. The van der Waals surface area contributed by atoms with E-state index in [-0.39, 0.29) is 6.61 Å². The molecule has 2 aromatic rings. The van der Waals surface area contributed by atoms with Gasteiger partial charge in [-0.3, -0.25) is 0 Å². The Kier molecular flexibility index (Phi) is 3.80. The van der Waals surface area contributed by atoms with E-state index in [2.05, 4.69) is 20.3 Å². The second kappa shape index (κ2) is 5.33. The fourth-order valence-electron chi connectivity index (χ4n) is 1.54. The minimum atomic E-state index is 0.0586. The van der Waals surface area contributed by atoms with Gasteiger partial charge in [0.1, 0.15) is 10.5 Å². The van der Waals surface area contributed by atoms with Gasteiger partial charge in [0.05, 0.1) is 12.9 Å². The van der Waals surface area contributed by atoms with Gasteiger partial charge in [0.25, 0.3) is 0 Å². The van der Waals surface area contributed by atoms with E-state index in [1.165, 1.54) is 0 Å². The summed E-state index contributed by atoms with van der Waals surface area (Å²) in [6.45, 7) is 3.37. The molecule has 2 N–H and O–H groups in total. The topological polar surface area (TPSA) is 75.9 Å². The lowest BCUT2D eigenvalue weighted by atomic mass is 10.5. The fraction of sp³-hybridized carbons (Fsp3) is 0.500. The zero-order valence-corrected chi connectivity index (χ0v) is 10.7. The first-order valence-corrected chi connectivity index (χ1v) is 6.64. The molecule has 0 amide bonds. The largest absolute Gasteiger partial charge is 0.395 e. The Morgan fingerprint density at radius 2 is 2.29 bits per heavy atom. The molecule has 0 atom stereocenters. The molecule has 0 aliphatic rings. The maximum Gasteiger partial charge on any atom is 0.225 e. The molecule has 0 aliphatic heterocycles. The summed E-state index contributed by atoms with van der Waals surface area (Å²) in [7, 11) is 0. The van der Waals surface area contributed by atoms with Crippen molar-refractivity contribution in [2.75, 3.05) is 24.7 Å². The van der Waals surface area contributed by atoms with Gasteiger partial charge >= 0.3 is 0 Å². The van der Waals surface area contributed by atoms with E-state index in [1.54, 1.807) is 18.1 Å². The highest BCUT2D eigenvalue weighted by Gasteiger charge is 2.11. The smallest absolute Gasteiger partial charge is 0.225 e. The Morgan fingerprint density at radius 1 is 1.47 bits per heavy atom. The molecule has 2 aromatic heterocycles. The molecule has 6 nitrogen and oxygen atoms in total. The summed E-state index contributed by atoms with van der Waals surface area (Å²) < 4.78 is 1.97. The van der Waals surface area contributed by atoms with Crippen LogP contribution in [0.25, 0.3) is 11.2 Å². The van der Waals surface area contributed by atoms with Crippen LogP contribution >= 0.6 is 11.8 Å². The SMILES string of the molecule is CCn1cnc2c(SC)nc(NCCO)nc21. The summed E-state index contributed by atoms with van der Waals surface area (Å²) in [6.07, 6.45) is 3.73. The van der Waals surface area contributed by atoms with Crippen molar-refractivity contribution in [1.82, 2.24) is 19.5 Å². The molecule has 0 saturated carbocycles. The van der Waals surface area contributed by atoms with Crippen molar-refractivity contribution in [3.05, 3.63) is 6.33 Å². The molecule has 0 aliphatic carbocycles. The first kappa shape index (κ1) is 12.1. The van der Waals surface area contributed by atoms with E-state index in [0.29, 0.717) is 12.5 Å². The molecule has 2 rings (SSSR count). The lowest BCUT2D eigenvalue weighted by Crippen LogP contribution is -2.09. The molecule has 0 unspecified atom stereocenters. The van der Waals surface area contributed by atoms with Gasteiger partial charge in [0.2, 0.25) is 5.95 Å². The first-order chi connectivity index (χ1) is 8.30. The van der Waals surface area contributed by atoms with E-state index in [9.17, 15) is 0 Å². The van der Waals surface area contributed by atoms with Crippen LogP contribution in [0, 0.1) is 0 Å². The summed E-state index contributed by atoms with van der Waals surface area (Å²) in [5.74, 6) is 0.533. The maximum absolute atomic E-state index is 8.79. The first-order valence-electron chi connectivity index (χ1n) is 5.41. The second-order valence-electron chi connectivity index (χ2n) is 3.41. The number of aliphatic hydroxyl groups excluding tert-OH is 1. The number of aromatic nitrogens is 4. The molecular formula is C10H15N5OS. The maximum atomic E-state index is 8.79. The number of imidazole rings is 1. The zero-order valence-electron chi connectivity index (χ0n) is 9.84. The molecule has 0 fully saturated rings. The van der Waals surface area contributed by atoms with Crippen LogP contribution in [0.3, 0.4) is 0 Å². The Morgan fingerprint density at radius 3 is 2.94 bits per heavy atom. The Bertz CT molecular complexity index is 513. The van der Waals surface area contributed by atoms with Gasteiger partial charge in [-0.2, -0.15) is 4.98 Å². The number of fused-ring (bicyclic) bond motifs is 1. The van der Waals surface area contributed by atoms with Gasteiger partial charge in [-0.25, -0.2) is 9.97 Å². The Labute approximate surface area is 103 Å². The number of thioether (sulfide) groups is 1. The number of hydrogen-bond donors (Lipinski definition) is 2. The van der Waals surface area contributed by atoms with Crippen LogP contribution in [0.15, 0.2) is 11.4 Å². The van der Waals surface area contributed by atoms with Crippen LogP contribution in [0.5, 0.6) is 0 Å². The van der Waals surface area contributed by atoms with E-state index >= 15 is 0 Å². The van der Waals surface area contributed by atoms with Gasteiger partial charge in [-0.1, -0.05) is 0 Å². The molecule has 2 heterocycles. The molecule has 0 radical (unpaired) electrons. The number of nitrogens with zero attached hydrogens (tertiary/aromatic N) is 4. The van der Waals surface area contributed by atoms with Crippen LogP contribution in [0.4, 0.5) is 5.95 Å². The van der Waals surface area contributed by atoms with Gasteiger partial charge < -0.3 is 15.0 Å². The van der Waals surface area contributed by atoms with Crippen LogP contribution in [-0.2, 0) is 6.54 Å². The van der Waals surface area contributed by atoms with Gasteiger partial charge in [-0.15, -0.1) is 11.8 Å². The lowest BCUT2D eigenvalue weighted by Gasteiger charge is -2.06. The average molecular weight is 253 g/mol. The molecule has 0 saturated heterocycles. The van der Waals surface area contributed by atoms with E-state index < -0.39 is 0 Å². The normalized spacial score (nSPS) is 11.0. The number of rotatable bonds is 5. The number of nitrogens with one attached hydrogen (secondary N) is 1. The molecule has 0 aromatic carbocycles. The number of hydrogen-bond acceptors (Lipinski definition) is 6. The van der Waals surface area contributed by atoms with Crippen molar-refractivity contribution in [1.29, 1.82) is 0 Å². The van der Waals surface area contributed by atoms with E-state index in [0.717, 1.165) is 22.7 Å². The highest BCUT2D eigenvalue weighted by molar-refractivity contribution is 7.98. The third-order valence-electron chi connectivity index (χ3n) is 2.36. The summed E-state index contributed by atoms with van der Waals surface area (Å²) in [4.78, 5) is 13.1. The van der Waals surface area contributed by atoms with Crippen LogP contribution < -0.4 is 5.32 Å². The highest BCUT2D eigenvalue weighted by atomic mass is 32.2. The lowest BCUT2D eigenvalue weighted by molar-refractivity contribution is 0.311. The minimum absolute atomic E-state index is 0.0586. The van der Waals surface area contributed by atoms with Crippen LogP contribution in [-0.4, -0.2) is 44.0 Å². The summed E-state index contributed by atoms with van der Waals surface area (Å²) in [5, 5.41) is 12.6. The second-order valence-corrected chi connectivity index (χ2v) is 4.20. The van der Waals surface area contributed by atoms with Crippen molar-refractivity contribution >= 4 is 28.9 Å². The van der Waals surface area contributed by atoms with Gasteiger partial charge in [0, 0.05) is 13.1 Å². The molecular weight excluding hydrogens is 238 g/mol. The predicted octanol–water partition coefficient (Wildman–Crippen LogP) is 0.972. The monoisotopic (exact) mass is 253 g/mol. The Hall–Kier alpha value is -1.34. The Balaban J connectivity index is 2.49. The number of aryl methyl sites for hydroxylation is 1. The molecule has 92 valence electrons. The van der Waals surface area contributed by atoms with Crippen molar-refractivity contribution < 1.29 is 5.11 Å². The van der Waals surface area contributed by atoms with Crippen LogP contribution in [0.1, 0.15) is 6.92 Å². The summed E-state index contributed by atoms with van der Waals surface area (Å²) in [6, 6.07) is 0. The predicted molar refractivity (Wildman–Crippen MR) is 68.4 cm³/mol. The van der Waals surface area contributed by atoms with Crippen LogP contribution in [0.2, 0.25) is 0 Å². The number of anilines is 1. The van der Waals surface area contributed by atoms with Crippen molar-refractivity contribution in [3.63, 3.8) is 0 Å². The van der Waals surface area contributed by atoms with Crippen molar-refractivity contribution in [2.45, 2.75) is 18.5 Å². The van der Waals surface area contributed by atoms with Gasteiger partial charge in [-0.05, 0) is 13.2 Å². The third kappa shape index (κ3) is 2.34. The number of aliphatic hydroxyl groups is 1.